The molecule has 0 aliphatic rings. The molecule has 0 spiro atoms. The van der Waals surface area contributed by atoms with Gasteiger partial charge >= 0.3 is 0 Å². The van der Waals surface area contributed by atoms with E-state index in [0.717, 1.165) is 5.56 Å². The van der Waals surface area contributed by atoms with Crippen LogP contribution in [0, 0.1) is 0 Å². The Morgan fingerprint density at radius 1 is 0.895 bits per heavy atom. The van der Waals surface area contributed by atoms with Crippen molar-refractivity contribution in [1.82, 2.24) is 0 Å². The topological polar surface area (TPSA) is 37.3 Å². The van der Waals surface area contributed by atoms with E-state index in [0.29, 0.717) is 16.7 Å². The van der Waals surface area contributed by atoms with Crippen molar-refractivity contribution in [1.29, 1.82) is 0 Å². The molecule has 19 heavy (non-hydrogen) atoms. The minimum atomic E-state index is -1.91. The fourth-order valence-corrected chi connectivity index (χ4v) is 3.25. The summed E-state index contributed by atoms with van der Waals surface area (Å²) < 4.78 is 21.0. The van der Waals surface area contributed by atoms with Gasteiger partial charge in [-0.15, -0.1) is 0 Å². The maximum absolute atomic E-state index is 11.5. The fraction of sp³-hybridized carbons (Fsp3) is 0.600. The minimum absolute atomic E-state index is 0. The van der Waals surface area contributed by atoms with Gasteiger partial charge in [0.2, 0.25) is 0 Å². The zero-order valence-electron chi connectivity index (χ0n) is 13.2. The molecule has 1 aromatic carbocycles. The van der Waals surface area contributed by atoms with Crippen molar-refractivity contribution in [3.05, 3.63) is 28.8 Å². The maximum Gasteiger partial charge on any atom is 0.186 e. The van der Waals surface area contributed by atoms with Crippen molar-refractivity contribution in [2.24, 2.45) is 0 Å². The molecule has 103 valence electrons. The summed E-state index contributed by atoms with van der Waals surface area (Å²) in [5.74, 6) is 1.05. The van der Waals surface area contributed by atoms with E-state index in [2.05, 4.69) is 41.5 Å². The average Bonchev–Trinajstić information content (AvgIpc) is 2.26. The average molecular weight is 308 g/mol. The monoisotopic (exact) mass is 307 g/mol. The zero-order valence-corrected chi connectivity index (χ0v) is 17.1. The molecule has 0 amide bonds. The van der Waals surface area contributed by atoms with E-state index in [1.807, 2.05) is 12.1 Å². The Bertz CT molecular complexity index is 454. The van der Waals surface area contributed by atoms with Crippen LogP contribution in [0.1, 0.15) is 76.0 Å². The van der Waals surface area contributed by atoms with Crippen LogP contribution < -0.4 is 0 Å². The maximum atomic E-state index is 11.5. The minimum Gasteiger partial charge on any atom is -0.302 e. The predicted molar refractivity (Wildman–Crippen MR) is 83.5 cm³/mol. The molecule has 0 heterocycles. The van der Waals surface area contributed by atoms with Gasteiger partial charge in [0.1, 0.15) is 0 Å². The third kappa shape index (κ3) is 4.73. The van der Waals surface area contributed by atoms with E-state index in [-0.39, 0.29) is 57.3 Å². The molecular weight excluding hydrogens is 283 g/mol. The molecule has 0 bridgehead atoms. The molecule has 0 aromatic heterocycles. The molecule has 1 rings (SSSR count). The van der Waals surface area contributed by atoms with Crippen molar-refractivity contribution in [3.63, 3.8) is 0 Å². The van der Waals surface area contributed by atoms with Crippen molar-refractivity contribution in [2.45, 2.75) is 64.2 Å². The standard InChI is InChI=1S/C15H24O2S.K/c1-9(2)12-7-8-13(18(16)17)15(11(5)6)14(12)10(3)4;/h7-11H,1-6H3,(H,16,17);. The van der Waals surface area contributed by atoms with E-state index in [1.54, 1.807) is 0 Å². The second-order valence-corrected chi connectivity index (χ2v) is 6.63. The smallest absolute Gasteiger partial charge is 0.186 e. The molecule has 1 aromatic rings. The Morgan fingerprint density at radius 3 is 1.68 bits per heavy atom. The summed E-state index contributed by atoms with van der Waals surface area (Å²) >= 11 is -1.91. The summed E-state index contributed by atoms with van der Waals surface area (Å²) in [5, 5.41) is 0. The Kier molecular flexibility index (Phi) is 8.85. The number of hydrogen-bond donors (Lipinski definition) is 1. The van der Waals surface area contributed by atoms with Crippen molar-refractivity contribution < 1.29 is 8.76 Å². The molecule has 1 radical (unpaired) electrons. The molecule has 0 saturated heterocycles. The molecule has 4 heteroatoms. The van der Waals surface area contributed by atoms with Gasteiger partial charge in [0, 0.05) is 51.4 Å². The molecule has 0 saturated carbocycles. The second-order valence-electron chi connectivity index (χ2n) is 5.69. The third-order valence-corrected chi connectivity index (χ3v) is 3.98. The van der Waals surface area contributed by atoms with Gasteiger partial charge in [-0.3, -0.25) is 0 Å². The summed E-state index contributed by atoms with van der Waals surface area (Å²) in [6.45, 7) is 12.8. The Labute approximate surface area is 162 Å². The van der Waals surface area contributed by atoms with Gasteiger partial charge in [-0.25, -0.2) is 4.21 Å². The molecule has 1 unspecified atom stereocenters. The fourth-order valence-electron chi connectivity index (χ4n) is 2.53. The predicted octanol–water partition coefficient (Wildman–Crippen LogP) is 4.26. The first-order chi connectivity index (χ1) is 8.27. The molecule has 0 aliphatic heterocycles. The van der Waals surface area contributed by atoms with Gasteiger partial charge in [0.25, 0.3) is 0 Å². The first-order valence-electron chi connectivity index (χ1n) is 6.54. The van der Waals surface area contributed by atoms with Crippen LogP contribution in [-0.2, 0) is 11.1 Å². The Hall–Kier alpha value is 0.966. The molecular formula is C15H24KO2S. The molecule has 0 fully saturated rings. The summed E-state index contributed by atoms with van der Waals surface area (Å²) in [5.41, 5.74) is 3.60. The van der Waals surface area contributed by atoms with Gasteiger partial charge in [0.05, 0.1) is 4.90 Å². The zero-order chi connectivity index (χ0) is 14.0. The summed E-state index contributed by atoms with van der Waals surface area (Å²) in [6, 6.07) is 3.82. The number of hydrogen-bond acceptors (Lipinski definition) is 1. The Balaban J connectivity index is 0.00000324. The van der Waals surface area contributed by atoms with Crippen molar-refractivity contribution >= 4 is 62.5 Å². The van der Waals surface area contributed by atoms with Gasteiger partial charge in [-0.05, 0) is 40.5 Å². The second kappa shape index (κ2) is 8.42. The van der Waals surface area contributed by atoms with Crippen LogP contribution in [0.2, 0.25) is 0 Å². The van der Waals surface area contributed by atoms with Gasteiger partial charge in [-0.1, -0.05) is 47.6 Å². The largest absolute Gasteiger partial charge is 0.302 e. The summed E-state index contributed by atoms with van der Waals surface area (Å²) in [4.78, 5) is 0.568. The molecule has 0 aliphatic carbocycles. The normalized spacial score (nSPS) is 12.9. The van der Waals surface area contributed by atoms with E-state index in [9.17, 15) is 8.76 Å². The van der Waals surface area contributed by atoms with Crippen LogP contribution in [0.15, 0.2) is 17.0 Å². The van der Waals surface area contributed by atoms with Gasteiger partial charge in [-0.2, -0.15) is 0 Å². The van der Waals surface area contributed by atoms with Gasteiger partial charge in [0.15, 0.2) is 11.1 Å². The van der Waals surface area contributed by atoms with E-state index in [4.69, 9.17) is 0 Å². The van der Waals surface area contributed by atoms with Crippen LogP contribution in [0.4, 0.5) is 0 Å². The summed E-state index contributed by atoms with van der Waals surface area (Å²) in [6.07, 6.45) is 0. The number of rotatable bonds is 4. The van der Waals surface area contributed by atoms with E-state index < -0.39 is 11.1 Å². The van der Waals surface area contributed by atoms with Crippen molar-refractivity contribution in [2.75, 3.05) is 0 Å². The van der Waals surface area contributed by atoms with Crippen LogP contribution in [0.5, 0.6) is 0 Å². The summed E-state index contributed by atoms with van der Waals surface area (Å²) in [7, 11) is 0. The SMILES string of the molecule is CC(C)c1ccc(S(=O)O)c(C(C)C)c1C(C)C.[K]. The van der Waals surface area contributed by atoms with E-state index in [1.165, 1.54) is 11.1 Å². The van der Waals surface area contributed by atoms with Crippen LogP contribution >= 0.6 is 0 Å². The quantitative estimate of drug-likeness (QED) is 0.666. The Morgan fingerprint density at radius 2 is 1.37 bits per heavy atom. The molecule has 1 atom stereocenters. The van der Waals surface area contributed by atoms with Crippen LogP contribution in [-0.4, -0.2) is 60.1 Å². The van der Waals surface area contributed by atoms with Crippen LogP contribution in [0.25, 0.3) is 0 Å². The molecule has 1 N–H and O–H groups in total. The van der Waals surface area contributed by atoms with E-state index >= 15 is 0 Å². The first-order valence-corrected chi connectivity index (χ1v) is 7.65. The van der Waals surface area contributed by atoms with Crippen LogP contribution in [0.3, 0.4) is 0 Å². The first kappa shape index (κ1) is 20.0. The number of benzene rings is 1. The molecule has 2 nitrogen and oxygen atoms in total. The third-order valence-electron chi connectivity index (χ3n) is 3.25. The van der Waals surface area contributed by atoms with Gasteiger partial charge < -0.3 is 4.55 Å². The van der Waals surface area contributed by atoms with Crippen molar-refractivity contribution in [3.8, 4) is 0 Å².